The van der Waals surface area contributed by atoms with Gasteiger partial charge in [0.25, 0.3) is 0 Å². The Kier molecular flexibility index (Phi) is 9.43. The van der Waals surface area contributed by atoms with E-state index in [2.05, 4.69) is 5.32 Å². The van der Waals surface area contributed by atoms with Gasteiger partial charge in [0.15, 0.2) is 0 Å². The van der Waals surface area contributed by atoms with Crippen molar-refractivity contribution in [2.75, 3.05) is 18.1 Å². The van der Waals surface area contributed by atoms with Gasteiger partial charge in [0.2, 0.25) is 5.91 Å². The highest BCUT2D eigenvalue weighted by Gasteiger charge is 2.08. The van der Waals surface area contributed by atoms with E-state index in [9.17, 15) is 9.18 Å². The van der Waals surface area contributed by atoms with Gasteiger partial charge >= 0.3 is 0 Å². The van der Waals surface area contributed by atoms with E-state index in [1.807, 2.05) is 0 Å². The Labute approximate surface area is 176 Å². The number of thioether (sulfide) groups is 2. The Morgan fingerprint density at radius 1 is 0.923 bits per heavy atom. The third-order valence-electron chi connectivity index (χ3n) is 3.42. The van der Waals surface area contributed by atoms with Crippen LogP contribution in [0.15, 0.2) is 36.4 Å². The van der Waals surface area contributed by atoms with Gasteiger partial charge < -0.3 is 5.32 Å². The van der Waals surface area contributed by atoms with Crippen LogP contribution in [0.1, 0.15) is 11.1 Å². The van der Waals surface area contributed by atoms with Crippen molar-refractivity contribution < 1.29 is 9.18 Å². The van der Waals surface area contributed by atoms with E-state index in [-0.39, 0.29) is 11.7 Å². The normalized spacial score (nSPS) is 10.8. The number of benzene rings is 2. The average molecular weight is 453 g/mol. The molecule has 140 valence electrons. The molecule has 2 aromatic rings. The molecule has 2 rings (SSSR count). The zero-order chi connectivity index (χ0) is 18.9. The minimum absolute atomic E-state index is 0.0531. The number of rotatable bonds is 9. The van der Waals surface area contributed by atoms with E-state index in [4.69, 9.17) is 34.8 Å². The Hall–Kier alpha value is -0.590. The van der Waals surface area contributed by atoms with Crippen LogP contribution in [-0.2, 0) is 16.3 Å². The largest absolute Gasteiger partial charge is 0.355 e. The first-order valence-corrected chi connectivity index (χ1v) is 11.2. The summed E-state index contributed by atoms with van der Waals surface area (Å²) in [5.74, 6) is 1.70. The van der Waals surface area contributed by atoms with Crippen LogP contribution < -0.4 is 5.32 Å². The molecule has 2 nitrogen and oxygen atoms in total. The fourth-order valence-electron chi connectivity index (χ4n) is 2.07. The monoisotopic (exact) mass is 451 g/mol. The summed E-state index contributed by atoms with van der Waals surface area (Å²) in [6.07, 6.45) is 0. The number of halogens is 4. The molecule has 0 radical (unpaired) electrons. The Bertz CT molecular complexity index is 721. The van der Waals surface area contributed by atoms with E-state index in [0.29, 0.717) is 50.2 Å². The fraction of sp³-hybridized carbons (Fsp3) is 0.278. The zero-order valence-corrected chi connectivity index (χ0v) is 17.6. The van der Waals surface area contributed by atoms with Crippen molar-refractivity contribution in [1.29, 1.82) is 0 Å². The molecule has 0 unspecified atom stereocenters. The first-order chi connectivity index (χ1) is 12.5. The van der Waals surface area contributed by atoms with Crippen LogP contribution in [0.4, 0.5) is 4.39 Å². The molecular weight excluding hydrogens is 436 g/mol. The summed E-state index contributed by atoms with van der Waals surface area (Å²) < 4.78 is 13.6. The first-order valence-electron chi connectivity index (χ1n) is 7.77. The Morgan fingerprint density at radius 3 is 2.15 bits per heavy atom. The number of hydrogen-bond acceptors (Lipinski definition) is 3. The summed E-state index contributed by atoms with van der Waals surface area (Å²) in [5.41, 5.74) is 1.34. The van der Waals surface area contributed by atoms with E-state index in [1.165, 1.54) is 29.6 Å². The van der Waals surface area contributed by atoms with Gasteiger partial charge in [0, 0.05) is 44.4 Å². The maximum Gasteiger partial charge on any atom is 0.230 e. The van der Waals surface area contributed by atoms with Gasteiger partial charge in [-0.2, -0.15) is 11.8 Å². The summed E-state index contributed by atoms with van der Waals surface area (Å²) in [6.45, 7) is 0.517. The average Bonchev–Trinajstić information content (AvgIpc) is 2.59. The topological polar surface area (TPSA) is 29.1 Å². The number of nitrogens with one attached hydrogen (secondary N) is 1. The number of hydrogen-bond donors (Lipinski definition) is 1. The van der Waals surface area contributed by atoms with Gasteiger partial charge in [0.05, 0.1) is 5.75 Å². The van der Waals surface area contributed by atoms with Gasteiger partial charge in [0.1, 0.15) is 5.82 Å². The molecule has 0 fully saturated rings. The SMILES string of the molecule is O=C(CSCc1c(Cl)cccc1Cl)NCCSCc1c(F)cccc1Cl. The molecule has 1 N–H and O–H groups in total. The Balaban J connectivity index is 1.62. The molecule has 0 aliphatic heterocycles. The lowest BCUT2D eigenvalue weighted by Gasteiger charge is -2.08. The third kappa shape index (κ3) is 6.86. The lowest BCUT2D eigenvalue weighted by molar-refractivity contribution is -0.118. The van der Waals surface area contributed by atoms with Crippen molar-refractivity contribution in [1.82, 2.24) is 5.32 Å². The van der Waals surface area contributed by atoms with Crippen molar-refractivity contribution in [3.8, 4) is 0 Å². The summed E-state index contributed by atoms with van der Waals surface area (Å²) in [7, 11) is 0. The summed E-state index contributed by atoms with van der Waals surface area (Å²) >= 11 is 21.1. The lowest BCUT2D eigenvalue weighted by Crippen LogP contribution is -2.27. The molecule has 0 aliphatic carbocycles. The van der Waals surface area contributed by atoms with Crippen molar-refractivity contribution in [2.24, 2.45) is 0 Å². The van der Waals surface area contributed by atoms with Gasteiger partial charge in [-0.3, -0.25) is 4.79 Å². The molecule has 0 saturated heterocycles. The predicted molar refractivity (Wildman–Crippen MR) is 113 cm³/mol. The second-order valence-corrected chi connectivity index (χ2v) is 8.61. The lowest BCUT2D eigenvalue weighted by atomic mass is 10.2. The summed E-state index contributed by atoms with van der Waals surface area (Å²) in [5, 5.41) is 4.48. The van der Waals surface area contributed by atoms with Crippen LogP contribution in [0, 0.1) is 5.82 Å². The zero-order valence-electron chi connectivity index (χ0n) is 13.7. The van der Waals surface area contributed by atoms with Crippen molar-refractivity contribution in [3.63, 3.8) is 0 Å². The quantitative estimate of drug-likeness (QED) is 0.468. The van der Waals surface area contributed by atoms with Gasteiger partial charge in [-0.1, -0.05) is 46.9 Å². The minimum Gasteiger partial charge on any atom is -0.355 e. The summed E-state index contributed by atoms with van der Waals surface area (Å²) in [6, 6.07) is 10.00. The molecule has 8 heteroatoms. The maximum atomic E-state index is 13.6. The second kappa shape index (κ2) is 11.3. The van der Waals surface area contributed by atoms with E-state index < -0.39 is 0 Å². The molecule has 0 aliphatic rings. The van der Waals surface area contributed by atoms with E-state index in [1.54, 1.807) is 30.3 Å². The van der Waals surface area contributed by atoms with Crippen molar-refractivity contribution >= 4 is 64.2 Å². The Morgan fingerprint density at radius 2 is 1.50 bits per heavy atom. The van der Waals surface area contributed by atoms with Crippen LogP contribution in [-0.4, -0.2) is 24.0 Å². The highest BCUT2D eigenvalue weighted by Crippen LogP contribution is 2.28. The standard InChI is InChI=1S/C18H17Cl3FNOS2/c19-14-3-1-4-15(20)12(14)9-26-11-18(24)23-7-8-25-10-13-16(21)5-2-6-17(13)22/h1-6H,7-11H2,(H,23,24). The molecule has 0 atom stereocenters. The molecule has 2 aromatic carbocycles. The van der Waals surface area contributed by atoms with Crippen LogP contribution in [0.5, 0.6) is 0 Å². The number of amides is 1. The van der Waals surface area contributed by atoms with E-state index in [0.717, 1.165) is 5.56 Å². The molecule has 0 saturated carbocycles. The predicted octanol–water partition coefficient (Wildman–Crippen LogP) is 6.07. The highest BCUT2D eigenvalue weighted by molar-refractivity contribution is 7.99. The van der Waals surface area contributed by atoms with Crippen LogP contribution in [0.3, 0.4) is 0 Å². The smallest absolute Gasteiger partial charge is 0.230 e. The van der Waals surface area contributed by atoms with Crippen molar-refractivity contribution in [2.45, 2.75) is 11.5 Å². The van der Waals surface area contributed by atoms with Gasteiger partial charge in [-0.15, -0.1) is 11.8 Å². The molecule has 1 amide bonds. The minimum atomic E-state index is -0.302. The molecule has 0 spiro atoms. The molecular formula is C18H17Cl3FNOS2. The van der Waals surface area contributed by atoms with Crippen LogP contribution in [0.25, 0.3) is 0 Å². The maximum absolute atomic E-state index is 13.6. The molecule has 26 heavy (non-hydrogen) atoms. The molecule has 0 aromatic heterocycles. The first kappa shape index (κ1) is 21.7. The van der Waals surface area contributed by atoms with Gasteiger partial charge in [-0.05, 0) is 29.8 Å². The van der Waals surface area contributed by atoms with Crippen LogP contribution in [0.2, 0.25) is 15.1 Å². The van der Waals surface area contributed by atoms with Crippen LogP contribution >= 0.6 is 58.3 Å². The number of carbonyl (C=O) groups excluding carboxylic acids is 1. The second-order valence-electron chi connectivity index (χ2n) is 5.30. The molecule has 0 heterocycles. The number of carbonyl (C=O) groups is 1. The highest BCUT2D eigenvalue weighted by atomic mass is 35.5. The fourth-order valence-corrected chi connectivity index (χ4v) is 4.87. The summed E-state index contributed by atoms with van der Waals surface area (Å²) in [4.78, 5) is 11.9. The van der Waals surface area contributed by atoms with Crippen molar-refractivity contribution in [3.05, 3.63) is 68.4 Å². The third-order valence-corrected chi connectivity index (χ3v) is 6.42. The van der Waals surface area contributed by atoms with E-state index >= 15 is 0 Å². The molecule has 0 bridgehead atoms. The van der Waals surface area contributed by atoms with Gasteiger partial charge in [-0.25, -0.2) is 4.39 Å².